The summed E-state index contributed by atoms with van der Waals surface area (Å²) in [5, 5.41) is 0.754. The minimum absolute atomic E-state index is 0.397. The summed E-state index contributed by atoms with van der Waals surface area (Å²) >= 11 is 3.50. The van der Waals surface area contributed by atoms with Gasteiger partial charge in [-0.1, -0.05) is 6.07 Å². The molecule has 0 bridgehead atoms. The highest BCUT2D eigenvalue weighted by Crippen LogP contribution is 2.25. The van der Waals surface area contributed by atoms with Gasteiger partial charge in [0.15, 0.2) is 5.82 Å². The molecule has 0 radical (unpaired) electrons. The number of esters is 1. The molecule has 1 aromatic carbocycles. The van der Waals surface area contributed by atoms with Crippen LogP contribution in [0.3, 0.4) is 0 Å². The van der Waals surface area contributed by atoms with E-state index in [-0.39, 0.29) is 0 Å². The summed E-state index contributed by atoms with van der Waals surface area (Å²) < 4.78 is 5.60. The molecule has 0 aliphatic rings. The number of aromatic nitrogens is 3. The molecule has 0 amide bonds. The first-order valence-corrected chi connectivity index (χ1v) is 8.02. The summed E-state index contributed by atoms with van der Waals surface area (Å²) in [4.78, 5) is 25.0. The van der Waals surface area contributed by atoms with E-state index in [0.717, 1.165) is 26.6 Å². The molecule has 0 fully saturated rings. The topological polar surface area (TPSA) is 65.0 Å². The maximum atomic E-state index is 12.1. The highest BCUT2D eigenvalue weighted by Gasteiger charge is 2.12. The molecule has 0 atom stereocenters. The summed E-state index contributed by atoms with van der Waals surface area (Å²) in [6.45, 7) is 1.90. The molecule has 2 heterocycles. The third-order valence-corrected chi connectivity index (χ3v) is 4.03. The van der Waals surface area contributed by atoms with Crippen molar-refractivity contribution in [2.24, 2.45) is 0 Å². The number of rotatable bonds is 3. The number of fused-ring (bicyclic) bond motifs is 1. The number of carbonyl (C=O) groups is 1. The maximum absolute atomic E-state index is 12.1. The van der Waals surface area contributed by atoms with E-state index >= 15 is 0 Å². The average Bonchev–Trinajstić information content (AvgIpc) is 2.60. The number of aryl methyl sites for hydroxylation is 1. The van der Waals surface area contributed by atoms with Crippen molar-refractivity contribution in [1.82, 2.24) is 15.0 Å². The third kappa shape index (κ3) is 3.33. The van der Waals surface area contributed by atoms with Crippen LogP contribution in [0.1, 0.15) is 27.4 Å². The lowest BCUT2D eigenvalue weighted by molar-refractivity contribution is 0.0603. The van der Waals surface area contributed by atoms with E-state index in [4.69, 9.17) is 4.74 Å². The van der Waals surface area contributed by atoms with E-state index in [1.54, 1.807) is 24.5 Å². The number of hydrogen-bond donors (Lipinski definition) is 0. The Morgan fingerprint density at radius 2 is 2.04 bits per heavy atom. The Hall–Kier alpha value is -2.60. The van der Waals surface area contributed by atoms with E-state index in [1.807, 2.05) is 31.2 Å². The number of pyridine rings is 1. The van der Waals surface area contributed by atoms with Crippen molar-refractivity contribution >= 4 is 43.4 Å². The number of methoxy groups -OCH3 is 1. The lowest BCUT2D eigenvalue weighted by Crippen LogP contribution is -2.03. The molecule has 0 N–H and O–H groups in total. The van der Waals surface area contributed by atoms with E-state index in [0.29, 0.717) is 11.4 Å². The van der Waals surface area contributed by atoms with Gasteiger partial charge in [0.1, 0.15) is 0 Å². The minimum atomic E-state index is -0.397. The Morgan fingerprint density at radius 1 is 1.21 bits per heavy atom. The molecule has 3 rings (SSSR count). The van der Waals surface area contributed by atoms with Gasteiger partial charge in [-0.05, 0) is 58.8 Å². The smallest absolute Gasteiger partial charge is 0.338 e. The van der Waals surface area contributed by atoms with Gasteiger partial charge in [-0.25, -0.2) is 14.8 Å². The summed E-state index contributed by atoms with van der Waals surface area (Å²) in [5.41, 5.74) is 2.87. The van der Waals surface area contributed by atoms with Gasteiger partial charge in [-0.3, -0.25) is 4.98 Å². The fourth-order valence-electron chi connectivity index (χ4n) is 2.34. The monoisotopic (exact) mass is 383 g/mol. The number of halogens is 1. The van der Waals surface area contributed by atoms with Gasteiger partial charge in [0.05, 0.1) is 22.7 Å². The molecule has 0 saturated heterocycles. The van der Waals surface area contributed by atoms with Gasteiger partial charge in [0.2, 0.25) is 0 Å². The van der Waals surface area contributed by atoms with Gasteiger partial charge in [-0.15, -0.1) is 0 Å². The summed E-state index contributed by atoms with van der Waals surface area (Å²) in [6, 6.07) is 9.15. The number of carbonyl (C=O) groups excluding carboxylic acids is 1. The number of hydrogen-bond acceptors (Lipinski definition) is 5. The van der Waals surface area contributed by atoms with Gasteiger partial charge in [0, 0.05) is 23.5 Å². The average molecular weight is 384 g/mol. The molecule has 0 aliphatic heterocycles. The van der Waals surface area contributed by atoms with Crippen LogP contribution in [0.25, 0.3) is 21.5 Å². The van der Waals surface area contributed by atoms with Crippen LogP contribution in [0, 0.1) is 6.92 Å². The van der Waals surface area contributed by atoms with E-state index in [2.05, 4.69) is 30.9 Å². The van der Waals surface area contributed by atoms with Gasteiger partial charge < -0.3 is 4.74 Å². The first-order valence-electron chi connectivity index (χ1n) is 7.23. The SMILES string of the molecule is COC(=O)c1cc(C=C(Br)c2nccc(C)n2)cc2ncccc12. The standard InChI is InChI=1S/C18H14BrN3O2/c1-11-5-7-21-17(22-11)15(19)9-12-8-14(18(23)24-2)13-4-3-6-20-16(13)10-12/h3-10H,1-2H3. The molecule has 0 aliphatic carbocycles. The second kappa shape index (κ2) is 6.88. The summed E-state index contributed by atoms with van der Waals surface area (Å²) in [5.74, 6) is 0.182. The minimum Gasteiger partial charge on any atom is -0.465 e. The molecular weight excluding hydrogens is 370 g/mol. The molecule has 3 aromatic rings. The second-order valence-electron chi connectivity index (χ2n) is 5.14. The van der Waals surface area contributed by atoms with Crippen LogP contribution in [0.15, 0.2) is 42.7 Å². The molecule has 6 heteroatoms. The van der Waals surface area contributed by atoms with Crippen molar-refractivity contribution in [1.29, 1.82) is 0 Å². The van der Waals surface area contributed by atoms with E-state index in [1.165, 1.54) is 7.11 Å². The Bertz CT molecular complexity index is 954. The fourth-order valence-corrected chi connectivity index (χ4v) is 2.80. The predicted molar refractivity (Wildman–Crippen MR) is 96.6 cm³/mol. The molecule has 24 heavy (non-hydrogen) atoms. The van der Waals surface area contributed by atoms with E-state index < -0.39 is 5.97 Å². The van der Waals surface area contributed by atoms with Crippen molar-refractivity contribution < 1.29 is 9.53 Å². The van der Waals surface area contributed by atoms with Crippen LogP contribution in [0.4, 0.5) is 0 Å². The normalized spacial score (nSPS) is 11.5. The van der Waals surface area contributed by atoms with Crippen molar-refractivity contribution in [2.75, 3.05) is 7.11 Å². The van der Waals surface area contributed by atoms with Crippen molar-refractivity contribution in [3.05, 3.63) is 65.4 Å². The zero-order valence-corrected chi connectivity index (χ0v) is 14.7. The first-order chi connectivity index (χ1) is 11.6. The Kier molecular flexibility index (Phi) is 4.66. The Labute approximate surface area is 147 Å². The lowest BCUT2D eigenvalue weighted by atomic mass is 10.0. The lowest BCUT2D eigenvalue weighted by Gasteiger charge is -2.07. The molecule has 2 aromatic heterocycles. The number of benzene rings is 1. The molecule has 5 nitrogen and oxygen atoms in total. The van der Waals surface area contributed by atoms with Crippen molar-refractivity contribution in [3.63, 3.8) is 0 Å². The second-order valence-corrected chi connectivity index (χ2v) is 6.00. The molecule has 0 unspecified atom stereocenters. The summed E-state index contributed by atoms with van der Waals surface area (Å²) in [6.07, 6.45) is 5.25. The van der Waals surface area contributed by atoms with Crippen LogP contribution in [-0.2, 0) is 4.74 Å². The maximum Gasteiger partial charge on any atom is 0.338 e. The Morgan fingerprint density at radius 3 is 2.79 bits per heavy atom. The van der Waals surface area contributed by atoms with Crippen LogP contribution in [0.2, 0.25) is 0 Å². The molecule has 0 spiro atoms. The highest BCUT2D eigenvalue weighted by molar-refractivity contribution is 9.15. The highest BCUT2D eigenvalue weighted by atomic mass is 79.9. The van der Waals surface area contributed by atoms with Gasteiger partial charge in [0.25, 0.3) is 0 Å². The molecule has 120 valence electrons. The summed E-state index contributed by atoms with van der Waals surface area (Å²) in [7, 11) is 1.36. The zero-order chi connectivity index (χ0) is 17.1. The predicted octanol–water partition coefficient (Wildman–Crippen LogP) is 4.01. The quantitative estimate of drug-likeness (QED) is 0.639. The van der Waals surface area contributed by atoms with Crippen LogP contribution in [0.5, 0.6) is 0 Å². The first kappa shape index (κ1) is 16.3. The van der Waals surface area contributed by atoms with Gasteiger partial charge >= 0.3 is 5.97 Å². The van der Waals surface area contributed by atoms with Gasteiger partial charge in [-0.2, -0.15) is 0 Å². The fraction of sp³-hybridized carbons (Fsp3) is 0.111. The van der Waals surface area contributed by atoms with Crippen LogP contribution in [-0.4, -0.2) is 28.0 Å². The largest absolute Gasteiger partial charge is 0.465 e. The van der Waals surface area contributed by atoms with Crippen LogP contribution < -0.4 is 0 Å². The zero-order valence-electron chi connectivity index (χ0n) is 13.2. The van der Waals surface area contributed by atoms with Crippen molar-refractivity contribution in [2.45, 2.75) is 6.92 Å². The van der Waals surface area contributed by atoms with E-state index in [9.17, 15) is 4.79 Å². The van der Waals surface area contributed by atoms with Crippen molar-refractivity contribution in [3.8, 4) is 0 Å². The number of ether oxygens (including phenoxy) is 1. The third-order valence-electron chi connectivity index (χ3n) is 3.45. The Balaban J connectivity index is 2.13. The molecule has 0 saturated carbocycles. The molecular formula is C18H14BrN3O2. The number of nitrogens with zero attached hydrogens (tertiary/aromatic N) is 3. The van der Waals surface area contributed by atoms with Crippen LogP contribution >= 0.6 is 15.9 Å².